The molecule has 2 aromatic carbocycles. The third-order valence-electron chi connectivity index (χ3n) is 8.59. The van der Waals surface area contributed by atoms with Gasteiger partial charge in [0.1, 0.15) is 6.54 Å². The van der Waals surface area contributed by atoms with Gasteiger partial charge in [0.25, 0.3) is 5.91 Å². The number of para-hydroxylation sites is 1. The van der Waals surface area contributed by atoms with Crippen LogP contribution in [-0.4, -0.2) is 59.4 Å². The highest BCUT2D eigenvalue weighted by molar-refractivity contribution is 6.01. The number of H-pyrrole nitrogens is 1. The topological polar surface area (TPSA) is 74.9 Å². The molecule has 2 amide bonds. The molecule has 7 nitrogen and oxygen atoms in total. The lowest BCUT2D eigenvalue weighted by Crippen LogP contribution is -2.68. The lowest BCUT2D eigenvalue weighted by Gasteiger charge is -2.52. The molecule has 1 unspecified atom stereocenters. The molecule has 0 radical (unpaired) electrons. The Bertz CT molecular complexity index is 1360. The van der Waals surface area contributed by atoms with Crippen LogP contribution in [0.4, 0.5) is 0 Å². The van der Waals surface area contributed by atoms with Crippen LogP contribution in [0.5, 0.6) is 11.5 Å². The molecular formula is C30H35N3O4. The summed E-state index contributed by atoms with van der Waals surface area (Å²) in [7, 11) is 1.65. The number of piperazine rings is 1. The van der Waals surface area contributed by atoms with Crippen LogP contribution < -0.4 is 9.47 Å². The molecule has 37 heavy (non-hydrogen) atoms. The van der Waals surface area contributed by atoms with E-state index in [9.17, 15) is 9.59 Å². The summed E-state index contributed by atoms with van der Waals surface area (Å²) in [6.45, 7) is 5.22. The number of benzene rings is 2. The lowest BCUT2D eigenvalue weighted by molar-refractivity contribution is -0.168. The third-order valence-corrected chi connectivity index (χ3v) is 8.59. The average molecular weight is 502 g/mol. The summed E-state index contributed by atoms with van der Waals surface area (Å²) in [5.41, 5.74) is 2.88. The van der Waals surface area contributed by atoms with Crippen molar-refractivity contribution in [3.8, 4) is 11.5 Å². The Kier molecular flexibility index (Phi) is 5.89. The summed E-state index contributed by atoms with van der Waals surface area (Å²) in [6, 6.07) is 14.4. The van der Waals surface area contributed by atoms with Crippen molar-refractivity contribution >= 4 is 22.7 Å². The Hall–Kier alpha value is -3.48. The molecule has 3 aromatic rings. The Morgan fingerprint density at radius 3 is 2.62 bits per heavy atom. The molecule has 1 saturated heterocycles. The smallest absolute Gasteiger partial charge is 0.255 e. The number of amides is 2. The molecule has 3 heterocycles. The van der Waals surface area contributed by atoms with Crippen LogP contribution in [0.15, 0.2) is 42.5 Å². The van der Waals surface area contributed by atoms with Gasteiger partial charge in [-0.05, 0) is 55.5 Å². The van der Waals surface area contributed by atoms with Crippen LogP contribution in [0.25, 0.3) is 10.9 Å². The van der Waals surface area contributed by atoms with Crippen LogP contribution in [0, 0.1) is 0 Å². The number of aromatic nitrogens is 1. The number of nitrogens with one attached hydrogen (secondary N) is 1. The number of rotatable bonds is 6. The highest BCUT2D eigenvalue weighted by Gasteiger charge is 2.57. The monoisotopic (exact) mass is 501 g/mol. The Balaban J connectivity index is 1.50. The van der Waals surface area contributed by atoms with Gasteiger partial charge in [-0.2, -0.15) is 0 Å². The Morgan fingerprint density at radius 1 is 1.08 bits per heavy atom. The number of carbonyl (C=O) groups is 2. The van der Waals surface area contributed by atoms with E-state index in [0.29, 0.717) is 24.7 Å². The minimum Gasteiger partial charge on any atom is -0.493 e. The fourth-order valence-corrected chi connectivity index (χ4v) is 6.67. The van der Waals surface area contributed by atoms with Gasteiger partial charge in [0.05, 0.1) is 19.4 Å². The van der Waals surface area contributed by atoms with Gasteiger partial charge < -0.3 is 24.3 Å². The summed E-state index contributed by atoms with van der Waals surface area (Å²) in [4.78, 5) is 35.2. The van der Waals surface area contributed by atoms with E-state index in [0.717, 1.165) is 59.8 Å². The number of nitrogens with zero attached hydrogens (tertiary/aromatic N) is 2. The van der Waals surface area contributed by atoms with E-state index in [1.165, 1.54) is 0 Å². The minimum atomic E-state index is -1.06. The quantitative estimate of drug-likeness (QED) is 0.519. The zero-order valence-electron chi connectivity index (χ0n) is 21.9. The van der Waals surface area contributed by atoms with Crippen molar-refractivity contribution in [2.45, 2.75) is 63.5 Å². The maximum absolute atomic E-state index is 14.2. The second-order valence-corrected chi connectivity index (χ2v) is 10.7. The number of carbonyl (C=O) groups excluding carboxylic acids is 2. The van der Waals surface area contributed by atoms with Crippen molar-refractivity contribution in [3.63, 3.8) is 0 Å². The molecule has 1 saturated carbocycles. The molecule has 2 atom stereocenters. The summed E-state index contributed by atoms with van der Waals surface area (Å²) >= 11 is 0. The van der Waals surface area contributed by atoms with E-state index in [1.807, 2.05) is 47.1 Å². The molecular weight excluding hydrogens is 466 g/mol. The number of ether oxygens (including phenoxy) is 2. The molecule has 1 N–H and O–H groups in total. The summed E-state index contributed by atoms with van der Waals surface area (Å²) in [6.07, 6.45) is 5.09. The van der Waals surface area contributed by atoms with Crippen molar-refractivity contribution in [3.05, 3.63) is 59.3 Å². The zero-order chi connectivity index (χ0) is 25.7. The van der Waals surface area contributed by atoms with Crippen molar-refractivity contribution in [1.29, 1.82) is 0 Å². The van der Waals surface area contributed by atoms with Gasteiger partial charge in [-0.3, -0.25) is 9.59 Å². The average Bonchev–Trinajstić information content (AvgIpc) is 3.59. The number of hydrogen-bond donors (Lipinski definition) is 1. The Morgan fingerprint density at radius 2 is 1.86 bits per heavy atom. The first-order valence-electron chi connectivity index (χ1n) is 13.5. The van der Waals surface area contributed by atoms with Gasteiger partial charge in [-0.1, -0.05) is 44.0 Å². The molecule has 0 bridgehead atoms. The number of aromatic amines is 1. The second kappa shape index (κ2) is 9.12. The molecule has 3 aliphatic rings. The van der Waals surface area contributed by atoms with Gasteiger partial charge >= 0.3 is 0 Å². The minimum absolute atomic E-state index is 0.0122. The standard InChI is InChI=1S/C30H35N3O4/c1-4-15-37-24-14-13-19(16-25(24)36-3)22-17-33-26(34)18-32(20-9-5-6-10-20)29(35)30(33,2)28-27(22)21-11-7-8-12-23(21)31-28/h7-8,11-14,16,20,22,31H,4-6,9-10,15,17-18H2,1-3H3/t22?,30-/m0/s1. The molecule has 7 heteroatoms. The largest absolute Gasteiger partial charge is 0.493 e. The molecule has 6 rings (SSSR count). The van der Waals surface area contributed by atoms with Crippen LogP contribution in [0.1, 0.15) is 68.7 Å². The molecule has 1 aromatic heterocycles. The molecule has 1 aliphatic carbocycles. The Labute approximate surface area is 217 Å². The maximum Gasteiger partial charge on any atom is 0.255 e. The fraction of sp³-hybridized carbons (Fsp3) is 0.467. The van der Waals surface area contributed by atoms with E-state index in [2.05, 4.69) is 24.0 Å². The molecule has 194 valence electrons. The second-order valence-electron chi connectivity index (χ2n) is 10.7. The summed E-state index contributed by atoms with van der Waals surface area (Å²) in [5.74, 6) is 1.32. The summed E-state index contributed by atoms with van der Waals surface area (Å²) in [5, 5.41) is 1.09. The van der Waals surface area contributed by atoms with Gasteiger partial charge in [0.15, 0.2) is 17.0 Å². The maximum atomic E-state index is 14.2. The van der Waals surface area contributed by atoms with Crippen LogP contribution >= 0.6 is 0 Å². The van der Waals surface area contributed by atoms with E-state index in [4.69, 9.17) is 9.47 Å². The lowest BCUT2D eigenvalue weighted by atomic mass is 9.76. The predicted molar refractivity (Wildman–Crippen MR) is 142 cm³/mol. The normalized spacial score (nSPS) is 23.9. The third kappa shape index (κ3) is 3.62. The van der Waals surface area contributed by atoms with Gasteiger partial charge in [0, 0.05) is 29.4 Å². The van der Waals surface area contributed by atoms with Gasteiger partial charge in [-0.25, -0.2) is 0 Å². The van der Waals surface area contributed by atoms with E-state index >= 15 is 0 Å². The first-order chi connectivity index (χ1) is 18.0. The van der Waals surface area contributed by atoms with Crippen molar-refractivity contribution in [1.82, 2.24) is 14.8 Å². The van der Waals surface area contributed by atoms with Crippen LogP contribution in [0.2, 0.25) is 0 Å². The first kappa shape index (κ1) is 23.9. The molecule has 2 fully saturated rings. The van der Waals surface area contributed by atoms with Crippen molar-refractivity contribution < 1.29 is 19.1 Å². The van der Waals surface area contributed by atoms with Gasteiger partial charge in [0.2, 0.25) is 5.91 Å². The zero-order valence-corrected chi connectivity index (χ0v) is 21.9. The fourth-order valence-electron chi connectivity index (χ4n) is 6.67. The highest BCUT2D eigenvalue weighted by atomic mass is 16.5. The number of fused-ring (bicyclic) bond motifs is 5. The number of hydrogen-bond acceptors (Lipinski definition) is 4. The van der Waals surface area contributed by atoms with Gasteiger partial charge in [-0.15, -0.1) is 0 Å². The SMILES string of the molecule is CCCOc1ccc(C2CN3C(=O)CN(C4CCCC4)C(=O)[C@]3(C)c3[nH]c4ccccc4c32)cc1OC. The molecule has 0 spiro atoms. The van der Waals surface area contributed by atoms with E-state index in [1.54, 1.807) is 7.11 Å². The highest BCUT2D eigenvalue weighted by Crippen LogP contribution is 2.49. The molecule has 2 aliphatic heterocycles. The van der Waals surface area contributed by atoms with Crippen molar-refractivity contribution in [2.75, 3.05) is 26.8 Å². The number of methoxy groups -OCH3 is 1. The first-order valence-corrected chi connectivity index (χ1v) is 13.5. The van der Waals surface area contributed by atoms with Crippen molar-refractivity contribution in [2.24, 2.45) is 0 Å². The van der Waals surface area contributed by atoms with Crippen LogP contribution in [-0.2, 0) is 15.1 Å². The van der Waals surface area contributed by atoms with E-state index < -0.39 is 5.54 Å². The summed E-state index contributed by atoms with van der Waals surface area (Å²) < 4.78 is 11.6. The predicted octanol–water partition coefficient (Wildman–Crippen LogP) is 4.94. The van der Waals surface area contributed by atoms with Crippen LogP contribution in [0.3, 0.4) is 0 Å². The van der Waals surface area contributed by atoms with E-state index in [-0.39, 0.29) is 30.3 Å².